The molecule has 1 rings (SSSR count). The Hall–Kier alpha value is -1.47. The highest BCUT2D eigenvalue weighted by Gasteiger charge is 2.10. The fraction of sp³-hybridized carbons (Fsp3) is 0.583. The highest BCUT2D eigenvalue weighted by molar-refractivity contribution is 5.47. The van der Waals surface area contributed by atoms with Crippen molar-refractivity contribution in [3.63, 3.8) is 0 Å². The monoisotopic (exact) mass is 275 g/mol. The van der Waals surface area contributed by atoms with Crippen LogP contribution in [0, 0.1) is 11.6 Å². The summed E-state index contributed by atoms with van der Waals surface area (Å²) in [7, 11) is 1.59. The molecule has 19 heavy (non-hydrogen) atoms. The number of halogens is 2. The summed E-state index contributed by atoms with van der Waals surface area (Å²) >= 11 is 0. The summed E-state index contributed by atoms with van der Waals surface area (Å²) in [6.45, 7) is 4.06. The summed E-state index contributed by atoms with van der Waals surface area (Å²) in [4.78, 5) is 3.84. The summed E-state index contributed by atoms with van der Waals surface area (Å²) in [5, 5.41) is 5.48. The van der Waals surface area contributed by atoms with Crippen molar-refractivity contribution in [3.05, 3.63) is 17.7 Å². The summed E-state index contributed by atoms with van der Waals surface area (Å²) in [5.41, 5.74) is 0. The summed E-state index contributed by atoms with van der Waals surface area (Å²) < 4.78 is 36.8. The van der Waals surface area contributed by atoms with Crippen molar-refractivity contribution in [2.24, 2.45) is 0 Å². The van der Waals surface area contributed by atoms with Crippen LogP contribution in [-0.2, 0) is 9.47 Å². The van der Waals surface area contributed by atoms with Crippen LogP contribution >= 0.6 is 0 Å². The summed E-state index contributed by atoms with van der Waals surface area (Å²) in [6, 6.07) is 0.805. The number of nitrogens with zero attached hydrogens (tertiary/aromatic N) is 1. The predicted octanol–water partition coefficient (Wildman–Crippen LogP) is 1.87. The van der Waals surface area contributed by atoms with E-state index in [1.54, 1.807) is 14.0 Å². The number of hydrogen-bond donors (Lipinski definition) is 2. The lowest BCUT2D eigenvalue weighted by Crippen LogP contribution is -2.14. The summed E-state index contributed by atoms with van der Waals surface area (Å²) in [6.07, 6.45) is 0. The third-order valence-corrected chi connectivity index (χ3v) is 2.24. The van der Waals surface area contributed by atoms with E-state index in [2.05, 4.69) is 15.6 Å². The van der Waals surface area contributed by atoms with E-state index in [1.165, 1.54) is 0 Å². The van der Waals surface area contributed by atoms with Gasteiger partial charge in [-0.15, -0.1) is 0 Å². The molecule has 0 aliphatic carbocycles. The molecule has 108 valence electrons. The highest BCUT2D eigenvalue weighted by Crippen LogP contribution is 2.18. The first-order valence-electron chi connectivity index (χ1n) is 6.09. The fourth-order valence-corrected chi connectivity index (χ4v) is 1.37. The van der Waals surface area contributed by atoms with Crippen molar-refractivity contribution >= 4 is 11.6 Å². The smallest absolute Gasteiger partial charge is 0.168 e. The second-order valence-corrected chi connectivity index (χ2v) is 3.71. The Morgan fingerprint density at radius 2 is 1.79 bits per heavy atom. The minimum atomic E-state index is -0.726. The van der Waals surface area contributed by atoms with Crippen LogP contribution in [0.2, 0.25) is 0 Å². The average Bonchev–Trinajstić information content (AvgIpc) is 2.38. The zero-order valence-corrected chi connectivity index (χ0v) is 11.1. The SMILES string of the molecule is CCNc1nc(NCCOCCOC)c(F)cc1F. The Morgan fingerprint density at radius 1 is 1.11 bits per heavy atom. The van der Waals surface area contributed by atoms with Crippen LogP contribution in [0.25, 0.3) is 0 Å². The molecule has 0 fully saturated rings. The number of nitrogens with one attached hydrogen (secondary N) is 2. The van der Waals surface area contributed by atoms with E-state index < -0.39 is 11.6 Å². The second kappa shape index (κ2) is 8.60. The van der Waals surface area contributed by atoms with Gasteiger partial charge in [-0.25, -0.2) is 13.8 Å². The van der Waals surface area contributed by atoms with Crippen molar-refractivity contribution in [1.82, 2.24) is 4.98 Å². The minimum Gasteiger partial charge on any atom is -0.382 e. The maximum atomic E-state index is 13.4. The van der Waals surface area contributed by atoms with Crippen LogP contribution in [0.5, 0.6) is 0 Å². The molecule has 0 unspecified atom stereocenters. The third kappa shape index (κ3) is 5.35. The van der Waals surface area contributed by atoms with Gasteiger partial charge < -0.3 is 20.1 Å². The molecule has 0 spiro atoms. The molecular weight excluding hydrogens is 256 g/mol. The van der Waals surface area contributed by atoms with Crippen LogP contribution in [0.4, 0.5) is 20.4 Å². The van der Waals surface area contributed by atoms with E-state index in [9.17, 15) is 8.78 Å². The average molecular weight is 275 g/mol. The molecule has 2 N–H and O–H groups in total. The van der Waals surface area contributed by atoms with E-state index in [4.69, 9.17) is 9.47 Å². The quantitative estimate of drug-likeness (QED) is 0.674. The molecule has 0 aromatic carbocycles. The van der Waals surface area contributed by atoms with Gasteiger partial charge in [-0.05, 0) is 6.92 Å². The number of rotatable bonds is 9. The lowest BCUT2D eigenvalue weighted by Gasteiger charge is -2.10. The molecule has 0 radical (unpaired) electrons. The Bertz CT molecular complexity index is 391. The number of methoxy groups -OCH3 is 1. The van der Waals surface area contributed by atoms with Crippen molar-refractivity contribution in [1.29, 1.82) is 0 Å². The molecule has 1 heterocycles. The van der Waals surface area contributed by atoms with Gasteiger partial charge in [0.05, 0.1) is 19.8 Å². The Morgan fingerprint density at radius 3 is 2.42 bits per heavy atom. The van der Waals surface area contributed by atoms with Gasteiger partial charge in [-0.1, -0.05) is 0 Å². The third-order valence-electron chi connectivity index (χ3n) is 2.24. The lowest BCUT2D eigenvalue weighted by molar-refractivity contribution is 0.0759. The maximum absolute atomic E-state index is 13.4. The molecule has 0 amide bonds. The first-order valence-corrected chi connectivity index (χ1v) is 6.09. The predicted molar refractivity (Wildman–Crippen MR) is 69.5 cm³/mol. The van der Waals surface area contributed by atoms with E-state index >= 15 is 0 Å². The van der Waals surface area contributed by atoms with Crippen molar-refractivity contribution < 1.29 is 18.3 Å². The first kappa shape index (κ1) is 15.6. The first-order chi connectivity index (χ1) is 9.19. The molecule has 0 bridgehead atoms. The summed E-state index contributed by atoms with van der Waals surface area (Å²) in [5.74, 6) is -1.39. The largest absolute Gasteiger partial charge is 0.382 e. The topological polar surface area (TPSA) is 55.4 Å². The van der Waals surface area contributed by atoms with E-state index in [0.29, 0.717) is 32.9 Å². The molecule has 7 heteroatoms. The minimum absolute atomic E-state index is 0.00712. The zero-order chi connectivity index (χ0) is 14.1. The molecule has 0 saturated carbocycles. The Labute approximate surface area is 111 Å². The second-order valence-electron chi connectivity index (χ2n) is 3.71. The van der Waals surface area contributed by atoms with Crippen LogP contribution in [-0.4, -0.2) is 45.0 Å². The van der Waals surface area contributed by atoms with Crippen molar-refractivity contribution in [3.8, 4) is 0 Å². The molecule has 1 aromatic heterocycles. The van der Waals surface area contributed by atoms with Gasteiger partial charge in [0.2, 0.25) is 0 Å². The van der Waals surface area contributed by atoms with Gasteiger partial charge in [0.1, 0.15) is 0 Å². The van der Waals surface area contributed by atoms with E-state index in [0.717, 1.165) is 6.07 Å². The normalized spacial score (nSPS) is 10.5. The van der Waals surface area contributed by atoms with Gasteiger partial charge >= 0.3 is 0 Å². The van der Waals surface area contributed by atoms with Gasteiger partial charge in [-0.3, -0.25) is 0 Å². The fourth-order valence-electron chi connectivity index (χ4n) is 1.37. The lowest BCUT2D eigenvalue weighted by atomic mass is 10.4. The van der Waals surface area contributed by atoms with Crippen LogP contribution < -0.4 is 10.6 Å². The number of ether oxygens (including phenoxy) is 2. The van der Waals surface area contributed by atoms with Crippen LogP contribution in [0.1, 0.15) is 6.92 Å². The molecule has 0 aliphatic heterocycles. The van der Waals surface area contributed by atoms with Gasteiger partial charge in [0.15, 0.2) is 23.3 Å². The highest BCUT2D eigenvalue weighted by atomic mass is 19.1. The van der Waals surface area contributed by atoms with Crippen molar-refractivity contribution in [2.45, 2.75) is 6.92 Å². The molecule has 0 saturated heterocycles. The number of aromatic nitrogens is 1. The molecular formula is C12H19F2N3O2. The van der Waals surface area contributed by atoms with E-state index in [-0.39, 0.29) is 11.6 Å². The van der Waals surface area contributed by atoms with E-state index in [1.807, 2.05) is 0 Å². The van der Waals surface area contributed by atoms with Crippen LogP contribution in [0.15, 0.2) is 6.07 Å². The van der Waals surface area contributed by atoms with Crippen molar-refractivity contribution in [2.75, 3.05) is 50.7 Å². The van der Waals surface area contributed by atoms with Gasteiger partial charge in [0, 0.05) is 26.3 Å². The number of pyridine rings is 1. The molecule has 1 aromatic rings. The molecule has 0 aliphatic rings. The number of hydrogen-bond acceptors (Lipinski definition) is 5. The number of anilines is 2. The zero-order valence-electron chi connectivity index (χ0n) is 11.1. The van der Waals surface area contributed by atoms with Crippen LogP contribution in [0.3, 0.4) is 0 Å². The molecule has 5 nitrogen and oxygen atoms in total. The Balaban J connectivity index is 2.46. The Kier molecular flexibility index (Phi) is 7.06. The maximum Gasteiger partial charge on any atom is 0.168 e. The molecule has 0 atom stereocenters. The van der Waals surface area contributed by atoms with Gasteiger partial charge in [-0.2, -0.15) is 0 Å². The standard InChI is InChI=1S/C12H19F2N3O2/c1-3-15-11-9(13)8-10(14)12(17-11)16-4-5-19-7-6-18-2/h8H,3-7H2,1-2H3,(H2,15,16,17). The van der Waals surface area contributed by atoms with Gasteiger partial charge in [0.25, 0.3) is 0 Å².